The summed E-state index contributed by atoms with van der Waals surface area (Å²) in [6.07, 6.45) is 2.01. The van der Waals surface area contributed by atoms with Crippen LogP contribution in [-0.2, 0) is 13.6 Å². The second-order valence-corrected chi connectivity index (χ2v) is 4.75. The number of hydrogen-bond acceptors (Lipinski definition) is 1. The Bertz CT molecular complexity index is 494. The van der Waals surface area contributed by atoms with Crippen LogP contribution in [0, 0.1) is 9.39 Å². The average Bonchev–Trinajstić information content (AvgIpc) is 2.63. The first-order valence-corrected chi connectivity index (χ1v) is 6.04. The van der Waals surface area contributed by atoms with Gasteiger partial charge in [0.2, 0.25) is 0 Å². The number of aromatic nitrogens is 1. The minimum absolute atomic E-state index is 0.200. The van der Waals surface area contributed by atoms with E-state index in [-0.39, 0.29) is 5.82 Å². The normalized spacial score (nSPS) is 10.4. The lowest BCUT2D eigenvalue weighted by Crippen LogP contribution is -2.05. The lowest BCUT2D eigenvalue weighted by Gasteiger charge is -2.09. The molecule has 0 fully saturated rings. The van der Waals surface area contributed by atoms with Crippen molar-refractivity contribution < 1.29 is 4.39 Å². The highest BCUT2D eigenvalue weighted by atomic mass is 127. The summed E-state index contributed by atoms with van der Waals surface area (Å²) in [5.41, 5.74) is 2.16. The molecule has 0 aliphatic carbocycles. The Morgan fingerprint density at radius 1 is 1.38 bits per heavy atom. The molecule has 1 N–H and O–H groups in total. The number of nitrogens with zero attached hydrogens (tertiary/aromatic N) is 1. The van der Waals surface area contributed by atoms with Crippen LogP contribution < -0.4 is 5.32 Å². The van der Waals surface area contributed by atoms with Gasteiger partial charge in [-0.1, -0.05) is 0 Å². The van der Waals surface area contributed by atoms with E-state index in [1.54, 1.807) is 6.07 Å². The summed E-state index contributed by atoms with van der Waals surface area (Å²) in [5.74, 6) is -0.200. The number of halogens is 2. The molecule has 1 heterocycles. The van der Waals surface area contributed by atoms with Crippen LogP contribution in [-0.4, -0.2) is 4.57 Å². The van der Waals surface area contributed by atoms with Crippen molar-refractivity contribution in [3.05, 3.63) is 51.6 Å². The zero-order valence-corrected chi connectivity index (χ0v) is 11.0. The summed E-state index contributed by atoms with van der Waals surface area (Å²) < 4.78 is 15.8. The van der Waals surface area contributed by atoms with E-state index in [1.807, 2.05) is 19.3 Å². The molecule has 1 aromatic heterocycles. The minimum Gasteiger partial charge on any atom is -0.379 e. The Kier molecular flexibility index (Phi) is 3.48. The predicted octanol–water partition coefficient (Wildman–Crippen LogP) is 3.38. The van der Waals surface area contributed by atoms with Gasteiger partial charge in [0.15, 0.2) is 0 Å². The highest BCUT2D eigenvalue weighted by Gasteiger charge is 2.02. The molecular weight excluding hydrogens is 318 g/mol. The molecule has 0 unspecified atom stereocenters. The largest absolute Gasteiger partial charge is 0.379 e. The molecule has 84 valence electrons. The van der Waals surface area contributed by atoms with Crippen LogP contribution in [0.4, 0.5) is 10.1 Å². The molecule has 16 heavy (non-hydrogen) atoms. The molecular formula is C12H12FIN2. The summed E-state index contributed by atoms with van der Waals surface area (Å²) in [4.78, 5) is 0. The standard InChI is InChI=1S/C12H12FIN2/c1-16-6-2-3-10(16)8-15-12-5-4-9(13)7-11(12)14/h2-7,15H,8H2,1H3. The zero-order chi connectivity index (χ0) is 11.5. The van der Waals surface area contributed by atoms with Crippen molar-refractivity contribution in [2.24, 2.45) is 7.05 Å². The van der Waals surface area contributed by atoms with Crippen molar-refractivity contribution in [3.63, 3.8) is 0 Å². The molecule has 2 nitrogen and oxygen atoms in total. The number of anilines is 1. The van der Waals surface area contributed by atoms with Gasteiger partial charge in [0.1, 0.15) is 5.82 Å². The number of benzene rings is 1. The number of aryl methyl sites for hydroxylation is 1. The highest BCUT2D eigenvalue weighted by Crippen LogP contribution is 2.19. The molecule has 1 aromatic carbocycles. The van der Waals surface area contributed by atoms with Gasteiger partial charge >= 0.3 is 0 Å². The van der Waals surface area contributed by atoms with E-state index in [1.165, 1.54) is 17.8 Å². The van der Waals surface area contributed by atoms with Gasteiger partial charge in [0, 0.05) is 28.2 Å². The van der Waals surface area contributed by atoms with Crippen molar-refractivity contribution in [2.75, 3.05) is 5.32 Å². The maximum Gasteiger partial charge on any atom is 0.124 e. The fraction of sp³-hybridized carbons (Fsp3) is 0.167. The molecule has 2 aromatic rings. The Morgan fingerprint density at radius 3 is 2.81 bits per heavy atom. The first kappa shape index (κ1) is 11.4. The van der Waals surface area contributed by atoms with Crippen molar-refractivity contribution in [3.8, 4) is 0 Å². The molecule has 0 spiro atoms. The molecule has 0 aliphatic heterocycles. The molecule has 0 saturated carbocycles. The summed E-state index contributed by atoms with van der Waals surface area (Å²) in [6.45, 7) is 0.741. The second kappa shape index (κ2) is 4.86. The van der Waals surface area contributed by atoms with Crippen molar-refractivity contribution >= 4 is 28.3 Å². The van der Waals surface area contributed by atoms with Gasteiger partial charge in [-0.2, -0.15) is 0 Å². The van der Waals surface area contributed by atoms with Crippen molar-refractivity contribution in [1.82, 2.24) is 4.57 Å². The van der Waals surface area contributed by atoms with Gasteiger partial charge in [-0.25, -0.2) is 4.39 Å². The minimum atomic E-state index is -0.200. The fourth-order valence-electron chi connectivity index (χ4n) is 1.50. The van der Waals surface area contributed by atoms with Gasteiger partial charge in [-0.15, -0.1) is 0 Å². The Balaban J connectivity index is 2.08. The summed E-state index contributed by atoms with van der Waals surface area (Å²) >= 11 is 2.13. The van der Waals surface area contributed by atoms with E-state index in [9.17, 15) is 4.39 Å². The lowest BCUT2D eigenvalue weighted by atomic mass is 10.3. The van der Waals surface area contributed by atoms with Gasteiger partial charge in [-0.05, 0) is 52.9 Å². The Hall–Kier alpha value is -1.04. The van der Waals surface area contributed by atoms with Crippen LogP contribution in [0.1, 0.15) is 5.69 Å². The number of rotatable bonds is 3. The van der Waals surface area contributed by atoms with Crippen LogP contribution in [0.2, 0.25) is 0 Å². The van der Waals surface area contributed by atoms with E-state index >= 15 is 0 Å². The van der Waals surface area contributed by atoms with E-state index in [4.69, 9.17) is 0 Å². The van der Waals surface area contributed by atoms with Crippen molar-refractivity contribution in [2.45, 2.75) is 6.54 Å². The smallest absolute Gasteiger partial charge is 0.124 e. The fourth-order valence-corrected chi connectivity index (χ4v) is 2.17. The lowest BCUT2D eigenvalue weighted by molar-refractivity contribution is 0.627. The first-order chi connectivity index (χ1) is 7.66. The predicted molar refractivity (Wildman–Crippen MR) is 71.9 cm³/mol. The van der Waals surface area contributed by atoms with Crippen LogP contribution in [0.3, 0.4) is 0 Å². The third-order valence-electron chi connectivity index (χ3n) is 2.44. The maximum absolute atomic E-state index is 12.9. The van der Waals surface area contributed by atoms with E-state index in [2.05, 4.69) is 38.5 Å². The monoisotopic (exact) mass is 330 g/mol. The maximum atomic E-state index is 12.9. The quantitative estimate of drug-likeness (QED) is 0.854. The number of nitrogens with one attached hydrogen (secondary N) is 1. The number of hydrogen-bond donors (Lipinski definition) is 1. The SMILES string of the molecule is Cn1cccc1CNc1ccc(F)cc1I. The highest BCUT2D eigenvalue weighted by molar-refractivity contribution is 14.1. The summed E-state index contributed by atoms with van der Waals surface area (Å²) in [5, 5.41) is 3.29. The second-order valence-electron chi connectivity index (χ2n) is 3.59. The zero-order valence-electron chi connectivity index (χ0n) is 8.87. The Labute approximate surface area is 108 Å². The van der Waals surface area contributed by atoms with Crippen LogP contribution in [0.5, 0.6) is 0 Å². The average molecular weight is 330 g/mol. The van der Waals surface area contributed by atoms with Gasteiger partial charge in [0.25, 0.3) is 0 Å². The molecule has 2 rings (SSSR count). The molecule has 0 aliphatic rings. The third kappa shape index (κ3) is 2.55. The van der Waals surface area contributed by atoms with Crippen LogP contribution in [0.25, 0.3) is 0 Å². The molecule has 0 radical (unpaired) electrons. The molecule has 0 bridgehead atoms. The summed E-state index contributed by atoms with van der Waals surface area (Å²) in [6, 6.07) is 8.82. The first-order valence-electron chi connectivity index (χ1n) is 4.96. The van der Waals surface area contributed by atoms with E-state index < -0.39 is 0 Å². The molecule has 4 heteroatoms. The van der Waals surface area contributed by atoms with E-state index in [0.717, 1.165) is 15.8 Å². The summed E-state index contributed by atoms with van der Waals surface area (Å²) in [7, 11) is 2.01. The van der Waals surface area contributed by atoms with Crippen LogP contribution in [0.15, 0.2) is 36.5 Å². The van der Waals surface area contributed by atoms with Crippen molar-refractivity contribution in [1.29, 1.82) is 0 Å². The van der Waals surface area contributed by atoms with Crippen LogP contribution >= 0.6 is 22.6 Å². The Morgan fingerprint density at radius 2 is 2.19 bits per heavy atom. The van der Waals surface area contributed by atoms with Gasteiger partial charge < -0.3 is 9.88 Å². The topological polar surface area (TPSA) is 17.0 Å². The third-order valence-corrected chi connectivity index (χ3v) is 3.33. The van der Waals surface area contributed by atoms with Gasteiger partial charge in [0.05, 0.1) is 6.54 Å². The van der Waals surface area contributed by atoms with E-state index in [0.29, 0.717) is 0 Å². The van der Waals surface area contributed by atoms with Gasteiger partial charge in [-0.3, -0.25) is 0 Å². The molecule has 0 saturated heterocycles. The molecule has 0 amide bonds. The molecule has 0 atom stereocenters.